The lowest BCUT2D eigenvalue weighted by atomic mass is 10.2. The van der Waals surface area contributed by atoms with Crippen LogP contribution in [0.2, 0.25) is 0 Å². The van der Waals surface area contributed by atoms with Gasteiger partial charge in [0.15, 0.2) is 0 Å². The molecule has 0 aliphatic heterocycles. The van der Waals surface area contributed by atoms with Gasteiger partial charge in [0, 0.05) is 17.8 Å². The van der Waals surface area contributed by atoms with Gasteiger partial charge in [-0.25, -0.2) is 4.98 Å². The molecule has 1 atom stereocenters. The predicted octanol–water partition coefficient (Wildman–Crippen LogP) is 2.41. The Kier molecular flexibility index (Phi) is 4.47. The Balaban J connectivity index is 1.92. The van der Waals surface area contributed by atoms with Crippen LogP contribution in [-0.4, -0.2) is 17.0 Å². The SMILES string of the molecule is C[C@@H](N)CCC(=O)OCc1ccc2ccccc2n1. The van der Waals surface area contributed by atoms with Crippen LogP contribution in [0.4, 0.5) is 0 Å². The first-order chi connectivity index (χ1) is 9.15. The van der Waals surface area contributed by atoms with Crippen LogP contribution < -0.4 is 5.73 Å². The molecule has 2 rings (SSSR count). The summed E-state index contributed by atoms with van der Waals surface area (Å²) in [4.78, 5) is 15.9. The zero-order valence-corrected chi connectivity index (χ0v) is 11.0. The molecule has 0 amide bonds. The number of aromatic nitrogens is 1. The number of fused-ring (bicyclic) bond motifs is 1. The van der Waals surface area contributed by atoms with E-state index >= 15 is 0 Å². The summed E-state index contributed by atoms with van der Waals surface area (Å²) < 4.78 is 5.17. The largest absolute Gasteiger partial charge is 0.459 e. The van der Waals surface area contributed by atoms with E-state index < -0.39 is 0 Å². The van der Waals surface area contributed by atoms with E-state index in [1.54, 1.807) is 0 Å². The standard InChI is InChI=1S/C15H18N2O2/c1-11(16)6-9-15(18)19-10-13-8-7-12-4-2-3-5-14(12)17-13/h2-5,7-8,11H,6,9-10,16H2,1H3/t11-/m1/s1. The Hall–Kier alpha value is -1.94. The monoisotopic (exact) mass is 258 g/mol. The Morgan fingerprint density at radius 1 is 1.32 bits per heavy atom. The maximum atomic E-state index is 11.5. The topological polar surface area (TPSA) is 65.2 Å². The molecule has 4 nitrogen and oxygen atoms in total. The summed E-state index contributed by atoms with van der Waals surface area (Å²) in [5.41, 5.74) is 7.26. The van der Waals surface area contributed by atoms with Gasteiger partial charge in [-0.1, -0.05) is 24.3 Å². The van der Waals surface area contributed by atoms with Gasteiger partial charge in [-0.05, 0) is 25.5 Å². The van der Waals surface area contributed by atoms with Crippen molar-refractivity contribution in [1.82, 2.24) is 4.98 Å². The van der Waals surface area contributed by atoms with Crippen LogP contribution in [0, 0.1) is 0 Å². The zero-order chi connectivity index (χ0) is 13.7. The average molecular weight is 258 g/mol. The third-order valence-corrected chi connectivity index (χ3v) is 2.84. The normalized spacial score (nSPS) is 12.3. The summed E-state index contributed by atoms with van der Waals surface area (Å²) in [6.07, 6.45) is 0.995. The third kappa shape index (κ3) is 4.03. The molecule has 0 radical (unpaired) electrons. The molecule has 1 aromatic carbocycles. The molecule has 0 spiro atoms. The smallest absolute Gasteiger partial charge is 0.306 e. The van der Waals surface area contributed by atoms with E-state index in [0.717, 1.165) is 16.6 Å². The molecule has 0 saturated carbocycles. The Bertz CT molecular complexity index is 567. The van der Waals surface area contributed by atoms with Gasteiger partial charge < -0.3 is 10.5 Å². The first-order valence-corrected chi connectivity index (χ1v) is 6.41. The fourth-order valence-electron chi connectivity index (χ4n) is 1.76. The zero-order valence-electron chi connectivity index (χ0n) is 11.0. The Morgan fingerprint density at radius 2 is 2.11 bits per heavy atom. The number of para-hydroxylation sites is 1. The first kappa shape index (κ1) is 13.5. The molecule has 1 heterocycles. The second-order valence-corrected chi connectivity index (χ2v) is 4.67. The van der Waals surface area contributed by atoms with Crippen LogP contribution in [0.15, 0.2) is 36.4 Å². The number of benzene rings is 1. The molecule has 0 aliphatic rings. The summed E-state index contributed by atoms with van der Waals surface area (Å²) in [7, 11) is 0. The number of hydrogen-bond donors (Lipinski definition) is 1. The van der Waals surface area contributed by atoms with Gasteiger partial charge in [0.25, 0.3) is 0 Å². The molecule has 4 heteroatoms. The number of ether oxygens (including phenoxy) is 1. The van der Waals surface area contributed by atoms with Crippen molar-refractivity contribution < 1.29 is 9.53 Å². The van der Waals surface area contributed by atoms with E-state index in [9.17, 15) is 4.79 Å². The molecule has 2 aromatic rings. The number of nitrogens with two attached hydrogens (primary N) is 1. The summed E-state index contributed by atoms with van der Waals surface area (Å²) in [6, 6.07) is 11.7. The minimum atomic E-state index is -0.229. The lowest BCUT2D eigenvalue weighted by Gasteiger charge is -2.06. The van der Waals surface area contributed by atoms with Crippen molar-refractivity contribution in [2.24, 2.45) is 5.73 Å². The molecule has 0 aliphatic carbocycles. The van der Waals surface area contributed by atoms with Crippen LogP contribution in [-0.2, 0) is 16.1 Å². The number of carbonyl (C=O) groups excluding carboxylic acids is 1. The molecule has 19 heavy (non-hydrogen) atoms. The van der Waals surface area contributed by atoms with Crippen LogP contribution in [0.1, 0.15) is 25.5 Å². The summed E-state index contributed by atoms with van der Waals surface area (Å²) in [5.74, 6) is -0.229. The molecule has 0 fully saturated rings. The van der Waals surface area contributed by atoms with Gasteiger partial charge in [-0.2, -0.15) is 0 Å². The quantitative estimate of drug-likeness (QED) is 0.836. The van der Waals surface area contributed by atoms with Crippen molar-refractivity contribution >= 4 is 16.9 Å². The minimum Gasteiger partial charge on any atom is -0.459 e. The van der Waals surface area contributed by atoms with Gasteiger partial charge >= 0.3 is 5.97 Å². The van der Waals surface area contributed by atoms with Crippen LogP contribution in [0.25, 0.3) is 10.9 Å². The van der Waals surface area contributed by atoms with E-state index in [4.69, 9.17) is 10.5 Å². The van der Waals surface area contributed by atoms with Crippen molar-refractivity contribution in [3.05, 3.63) is 42.1 Å². The highest BCUT2D eigenvalue weighted by atomic mass is 16.5. The van der Waals surface area contributed by atoms with Crippen molar-refractivity contribution in [2.75, 3.05) is 0 Å². The maximum Gasteiger partial charge on any atom is 0.306 e. The molecular formula is C15H18N2O2. The van der Waals surface area contributed by atoms with Gasteiger partial charge in [0.1, 0.15) is 6.61 Å². The highest BCUT2D eigenvalue weighted by molar-refractivity contribution is 5.78. The summed E-state index contributed by atoms with van der Waals surface area (Å²) >= 11 is 0. The maximum absolute atomic E-state index is 11.5. The molecule has 0 unspecified atom stereocenters. The Labute approximate surface area is 112 Å². The first-order valence-electron chi connectivity index (χ1n) is 6.41. The fraction of sp³-hybridized carbons (Fsp3) is 0.333. The van der Waals surface area contributed by atoms with E-state index in [-0.39, 0.29) is 18.6 Å². The van der Waals surface area contributed by atoms with Crippen molar-refractivity contribution in [3.8, 4) is 0 Å². The summed E-state index contributed by atoms with van der Waals surface area (Å²) in [5, 5.41) is 1.08. The second-order valence-electron chi connectivity index (χ2n) is 4.67. The van der Waals surface area contributed by atoms with Crippen molar-refractivity contribution in [1.29, 1.82) is 0 Å². The number of pyridine rings is 1. The van der Waals surface area contributed by atoms with Crippen LogP contribution >= 0.6 is 0 Å². The molecule has 2 N–H and O–H groups in total. The molecule has 1 aromatic heterocycles. The van der Waals surface area contributed by atoms with E-state index in [0.29, 0.717) is 12.8 Å². The van der Waals surface area contributed by atoms with Crippen molar-refractivity contribution in [3.63, 3.8) is 0 Å². The Morgan fingerprint density at radius 3 is 2.89 bits per heavy atom. The van der Waals surface area contributed by atoms with Crippen LogP contribution in [0.3, 0.4) is 0 Å². The molecular weight excluding hydrogens is 240 g/mol. The third-order valence-electron chi connectivity index (χ3n) is 2.84. The average Bonchev–Trinajstić information content (AvgIpc) is 2.42. The fourth-order valence-corrected chi connectivity index (χ4v) is 1.76. The number of rotatable bonds is 5. The highest BCUT2D eigenvalue weighted by Crippen LogP contribution is 2.12. The lowest BCUT2D eigenvalue weighted by molar-refractivity contribution is -0.145. The van der Waals surface area contributed by atoms with Crippen molar-refractivity contribution in [2.45, 2.75) is 32.4 Å². The predicted molar refractivity (Wildman–Crippen MR) is 74.4 cm³/mol. The number of carbonyl (C=O) groups is 1. The second kappa shape index (κ2) is 6.29. The van der Waals surface area contributed by atoms with Crippen LogP contribution in [0.5, 0.6) is 0 Å². The van der Waals surface area contributed by atoms with Gasteiger partial charge in [-0.15, -0.1) is 0 Å². The van der Waals surface area contributed by atoms with Gasteiger partial charge in [-0.3, -0.25) is 4.79 Å². The highest BCUT2D eigenvalue weighted by Gasteiger charge is 2.06. The van der Waals surface area contributed by atoms with Gasteiger partial charge in [0.2, 0.25) is 0 Å². The molecule has 0 bridgehead atoms. The minimum absolute atomic E-state index is 0.0198. The molecule has 100 valence electrons. The number of nitrogens with zero attached hydrogens (tertiary/aromatic N) is 1. The summed E-state index contributed by atoms with van der Waals surface area (Å²) in [6.45, 7) is 2.08. The van der Waals surface area contributed by atoms with E-state index in [1.165, 1.54) is 0 Å². The number of hydrogen-bond acceptors (Lipinski definition) is 4. The lowest BCUT2D eigenvalue weighted by Crippen LogP contribution is -2.17. The van der Waals surface area contributed by atoms with E-state index in [2.05, 4.69) is 4.98 Å². The number of esters is 1. The molecule has 0 saturated heterocycles. The van der Waals surface area contributed by atoms with E-state index in [1.807, 2.05) is 43.3 Å². The van der Waals surface area contributed by atoms with Gasteiger partial charge in [0.05, 0.1) is 11.2 Å².